The minimum atomic E-state index is -0.102. The van der Waals surface area contributed by atoms with Crippen LogP contribution in [-0.2, 0) is 5.41 Å². The van der Waals surface area contributed by atoms with Crippen molar-refractivity contribution in [2.75, 3.05) is 4.90 Å². The number of nitrogens with zero attached hydrogens (tertiary/aromatic N) is 2. The summed E-state index contributed by atoms with van der Waals surface area (Å²) in [6.45, 7) is 4.73. The minimum Gasteiger partial charge on any atom is -0.308 e. The molecule has 0 saturated carbocycles. The lowest BCUT2D eigenvalue weighted by molar-refractivity contribution is 0.660. The van der Waals surface area contributed by atoms with E-state index in [1.54, 1.807) is 0 Å². The van der Waals surface area contributed by atoms with E-state index in [1.165, 1.54) is 92.1 Å². The maximum atomic E-state index is 4.79. The highest BCUT2D eigenvalue weighted by molar-refractivity contribution is 7.25. The number of rotatable bonds is 3. The summed E-state index contributed by atoms with van der Waals surface area (Å²) < 4.78 is 2.62. The van der Waals surface area contributed by atoms with E-state index in [2.05, 4.69) is 189 Å². The molecule has 10 aromatic rings. The van der Waals surface area contributed by atoms with Gasteiger partial charge in [0.25, 0.3) is 0 Å². The Morgan fingerprint density at radius 1 is 0.456 bits per heavy atom. The lowest BCUT2D eigenvalue weighted by atomic mass is 9.81. The quantitative estimate of drug-likeness (QED) is 0.179. The summed E-state index contributed by atoms with van der Waals surface area (Å²) in [6.07, 6.45) is 3.97. The third-order valence-electron chi connectivity index (χ3n) is 12.5. The van der Waals surface area contributed by atoms with E-state index >= 15 is 0 Å². The number of para-hydroxylation sites is 1. The molecule has 3 heterocycles. The molecule has 0 amide bonds. The van der Waals surface area contributed by atoms with Gasteiger partial charge in [-0.3, -0.25) is 4.98 Å². The second kappa shape index (κ2) is 12.1. The van der Waals surface area contributed by atoms with Crippen LogP contribution >= 0.6 is 11.3 Å². The molecular weight excluding hydrogens is 709 g/mol. The van der Waals surface area contributed by atoms with Gasteiger partial charge in [0.1, 0.15) is 0 Å². The number of aromatic nitrogens is 1. The highest BCUT2D eigenvalue weighted by Gasteiger charge is 2.35. The van der Waals surface area contributed by atoms with Crippen molar-refractivity contribution in [3.8, 4) is 55.6 Å². The zero-order chi connectivity index (χ0) is 37.8. The average molecular weight is 745 g/mol. The van der Waals surface area contributed by atoms with E-state index in [4.69, 9.17) is 4.98 Å². The number of anilines is 3. The number of hydrogen-bond acceptors (Lipinski definition) is 3. The summed E-state index contributed by atoms with van der Waals surface area (Å²) in [7, 11) is 0. The van der Waals surface area contributed by atoms with Crippen LogP contribution in [0.3, 0.4) is 0 Å². The monoisotopic (exact) mass is 744 g/mol. The topological polar surface area (TPSA) is 16.1 Å². The number of benzene rings is 8. The fourth-order valence-electron chi connectivity index (χ4n) is 9.75. The van der Waals surface area contributed by atoms with Gasteiger partial charge in [-0.05, 0) is 115 Å². The molecule has 0 unspecified atom stereocenters. The van der Waals surface area contributed by atoms with Gasteiger partial charge in [0, 0.05) is 48.6 Å². The van der Waals surface area contributed by atoms with E-state index < -0.39 is 0 Å². The molecular formula is C54H36N2S. The van der Waals surface area contributed by atoms with Crippen LogP contribution in [0.5, 0.6) is 0 Å². The number of thiophene rings is 1. The van der Waals surface area contributed by atoms with Gasteiger partial charge < -0.3 is 4.90 Å². The Hall–Kier alpha value is -6.81. The lowest BCUT2D eigenvalue weighted by Gasteiger charge is -2.32. The van der Waals surface area contributed by atoms with E-state index in [0.717, 1.165) is 22.6 Å². The standard InChI is InChI=1S/C54H36N2S/c1-54(2)47-18-6-3-13-39(47)40-23-21-34(30-48(40)54)36-27-37(35-22-24-44-43-15-5-8-20-51(43)57-52(44)31-35)29-38(28-36)56-49-19-7-4-14-41(49)45-16-9-11-33-12-10-17-46(53(33)45)42-25-26-55-32-50(42)56/h3-32H,1-2H3. The SMILES string of the molecule is CC1(C)c2ccccc2-c2ccc(-c3cc(-c4ccc5c(c4)sc4ccccc45)cc(N4c5ccccc5-c5cccc6cccc(c56)-c5ccncc54)c3)cc21. The molecule has 0 fully saturated rings. The van der Waals surface area contributed by atoms with Crippen LogP contribution in [0.2, 0.25) is 0 Å². The van der Waals surface area contributed by atoms with Crippen LogP contribution in [0.1, 0.15) is 25.0 Å². The molecule has 8 aromatic carbocycles. The van der Waals surface area contributed by atoms with Crippen LogP contribution in [0.25, 0.3) is 86.6 Å². The Balaban J connectivity index is 1.13. The molecule has 1 aliphatic carbocycles. The first-order valence-corrected chi connectivity index (χ1v) is 20.5. The van der Waals surface area contributed by atoms with Crippen molar-refractivity contribution >= 4 is 59.3 Å². The first-order chi connectivity index (χ1) is 28.0. The van der Waals surface area contributed by atoms with E-state index in [9.17, 15) is 0 Å². The van der Waals surface area contributed by atoms with Crippen LogP contribution in [0.15, 0.2) is 182 Å². The van der Waals surface area contributed by atoms with Crippen LogP contribution < -0.4 is 4.90 Å². The molecule has 268 valence electrons. The van der Waals surface area contributed by atoms with Crippen LogP contribution in [0.4, 0.5) is 17.1 Å². The van der Waals surface area contributed by atoms with Crippen LogP contribution in [0, 0.1) is 0 Å². The van der Waals surface area contributed by atoms with E-state index in [0.29, 0.717) is 0 Å². The second-order valence-corrected chi connectivity index (χ2v) is 17.0. The van der Waals surface area contributed by atoms with Gasteiger partial charge in [0.05, 0.1) is 17.6 Å². The summed E-state index contributed by atoms with van der Waals surface area (Å²) in [5.41, 5.74) is 18.2. The minimum absolute atomic E-state index is 0.102. The molecule has 0 N–H and O–H groups in total. The van der Waals surface area contributed by atoms with Gasteiger partial charge in [-0.2, -0.15) is 0 Å². The highest BCUT2D eigenvalue weighted by atomic mass is 32.1. The molecule has 12 rings (SSSR count). The summed E-state index contributed by atoms with van der Waals surface area (Å²) in [5.74, 6) is 0. The normalized spacial score (nSPS) is 13.5. The van der Waals surface area contributed by atoms with Gasteiger partial charge in [-0.1, -0.05) is 135 Å². The predicted molar refractivity (Wildman–Crippen MR) is 242 cm³/mol. The molecule has 3 heteroatoms. The summed E-state index contributed by atoms with van der Waals surface area (Å²) in [5, 5.41) is 5.13. The molecule has 0 spiro atoms. The molecule has 57 heavy (non-hydrogen) atoms. The highest BCUT2D eigenvalue weighted by Crippen LogP contribution is 2.53. The summed E-state index contributed by atoms with van der Waals surface area (Å²) in [4.78, 5) is 7.24. The largest absolute Gasteiger partial charge is 0.308 e. The van der Waals surface area contributed by atoms with Crippen molar-refractivity contribution in [2.45, 2.75) is 19.3 Å². The zero-order valence-electron chi connectivity index (χ0n) is 31.6. The molecule has 2 aliphatic rings. The maximum absolute atomic E-state index is 4.79. The maximum Gasteiger partial charge on any atom is 0.0723 e. The molecule has 1 aliphatic heterocycles. The van der Waals surface area contributed by atoms with Gasteiger partial charge in [-0.15, -0.1) is 11.3 Å². The number of pyridine rings is 1. The molecule has 0 bridgehead atoms. The fourth-order valence-corrected chi connectivity index (χ4v) is 10.9. The first kappa shape index (κ1) is 32.4. The Bertz CT molecular complexity index is 3210. The lowest BCUT2D eigenvalue weighted by Crippen LogP contribution is -2.15. The van der Waals surface area contributed by atoms with Gasteiger partial charge in [0.15, 0.2) is 0 Å². The third kappa shape index (κ3) is 4.79. The Kier molecular flexibility index (Phi) is 6.88. The predicted octanol–water partition coefficient (Wildman–Crippen LogP) is 15.4. The van der Waals surface area contributed by atoms with Gasteiger partial charge in [0.2, 0.25) is 0 Å². The molecule has 2 nitrogen and oxygen atoms in total. The molecule has 2 aromatic heterocycles. The molecule has 0 radical (unpaired) electrons. The number of fused-ring (bicyclic) bond motifs is 10. The number of hydrogen-bond donors (Lipinski definition) is 0. The van der Waals surface area contributed by atoms with Gasteiger partial charge >= 0.3 is 0 Å². The van der Waals surface area contributed by atoms with Gasteiger partial charge in [-0.25, -0.2) is 0 Å². The average Bonchev–Trinajstić information content (AvgIpc) is 3.74. The fraction of sp³-hybridized carbons (Fsp3) is 0.0556. The van der Waals surface area contributed by atoms with E-state index in [1.807, 2.05) is 23.7 Å². The first-order valence-electron chi connectivity index (χ1n) is 19.7. The zero-order valence-corrected chi connectivity index (χ0v) is 32.4. The Labute approximate surface area is 336 Å². The third-order valence-corrected chi connectivity index (χ3v) is 13.6. The Morgan fingerprint density at radius 2 is 1.11 bits per heavy atom. The second-order valence-electron chi connectivity index (χ2n) is 16.0. The van der Waals surface area contributed by atoms with Crippen molar-refractivity contribution < 1.29 is 0 Å². The van der Waals surface area contributed by atoms with Crippen LogP contribution in [-0.4, -0.2) is 4.98 Å². The summed E-state index contributed by atoms with van der Waals surface area (Å²) in [6, 6.07) is 63.3. The van der Waals surface area contributed by atoms with E-state index in [-0.39, 0.29) is 5.41 Å². The van der Waals surface area contributed by atoms with Crippen molar-refractivity contribution in [1.82, 2.24) is 4.98 Å². The van der Waals surface area contributed by atoms with Crippen molar-refractivity contribution in [3.63, 3.8) is 0 Å². The van der Waals surface area contributed by atoms with Crippen molar-refractivity contribution in [3.05, 3.63) is 193 Å². The smallest absolute Gasteiger partial charge is 0.0723 e. The Morgan fingerprint density at radius 3 is 1.95 bits per heavy atom. The molecule has 0 saturated heterocycles. The summed E-state index contributed by atoms with van der Waals surface area (Å²) >= 11 is 1.87. The van der Waals surface area contributed by atoms with Crippen molar-refractivity contribution in [1.29, 1.82) is 0 Å². The van der Waals surface area contributed by atoms with Crippen molar-refractivity contribution in [2.24, 2.45) is 0 Å². The molecule has 0 atom stereocenters.